The second-order valence-corrected chi connectivity index (χ2v) is 6.72. The molecule has 9 heteroatoms. The second-order valence-electron chi connectivity index (χ2n) is 6.29. The third kappa shape index (κ3) is 4.13. The number of carbonyl (C=O) groups is 2. The molecular weight excluding hydrogens is 358 g/mol. The largest absolute Gasteiger partial charge is 0.492 e. The number of amides is 3. The van der Waals surface area contributed by atoms with E-state index in [1.165, 1.54) is 0 Å². The van der Waals surface area contributed by atoms with Gasteiger partial charge in [0.25, 0.3) is 5.91 Å². The van der Waals surface area contributed by atoms with E-state index in [0.717, 1.165) is 4.90 Å². The Morgan fingerprint density at radius 1 is 1.35 bits per heavy atom. The van der Waals surface area contributed by atoms with Gasteiger partial charge in [-0.3, -0.25) is 9.69 Å². The predicted molar refractivity (Wildman–Crippen MR) is 95.1 cm³/mol. The van der Waals surface area contributed by atoms with Gasteiger partial charge in [0, 0.05) is 23.7 Å². The molecule has 0 bridgehead atoms. The summed E-state index contributed by atoms with van der Waals surface area (Å²) >= 11 is 5.89. The summed E-state index contributed by atoms with van der Waals surface area (Å²) in [6.45, 7) is 4.33. The summed E-state index contributed by atoms with van der Waals surface area (Å²) in [6, 6.07) is 6.08. The first-order valence-corrected chi connectivity index (χ1v) is 8.73. The van der Waals surface area contributed by atoms with Gasteiger partial charge in [0.2, 0.25) is 0 Å². The van der Waals surface area contributed by atoms with Crippen molar-refractivity contribution in [3.8, 4) is 5.75 Å². The Hall–Kier alpha value is -2.61. The maximum atomic E-state index is 12.5. The summed E-state index contributed by atoms with van der Waals surface area (Å²) < 4.78 is 7.26. The van der Waals surface area contributed by atoms with E-state index in [1.54, 1.807) is 35.1 Å². The van der Waals surface area contributed by atoms with E-state index in [9.17, 15) is 9.59 Å². The molecule has 1 aromatic carbocycles. The van der Waals surface area contributed by atoms with Crippen LogP contribution >= 0.6 is 11.6 Å². The molecule has 1 aromatic heterocycles. The number of hydrogen-bond acceptors (Lipinski definition) is 5. The number of ether oxygens (including phenoxy) is 1. The summed E-state index contributed by atoms with van der Waals surface area (Å²) in [7, 11) is 0. The van der Waals surface area contributed by atoms with Crippen LogP contribution in [0.2, 0.25) is 5.02 Å². The van der Waals surface area contributed by atoms with Crippen molar-refractivity contribution in [1.29, 1.82) is 0 Å². The van der Waals surface area contributed by atoms with Gasteiger partial charge in [0.1, 0.15) is 18.4 Å². The van der Waals surface area contributed by atoms with E-state index >= 15 is 0 Å². The van der Waals surface area contributed by atoms with Gasteiger partial charge < -0.3 is 10.1 Å². The zero-order chi connectivity index (χ0) is 18.7. The van der Waals surface area contributed by atoms with Crippen LogP contribution in [0.3, 0.4) is 0 Å². The van der Waals surface area contributed by atoms with Crippen LogP contribution in [0, 0.1) is 0 Å². The van der Waals surface area contributed by atoms with Crippen molar-refractivity contribution in [1.82, 2.24) is 25.2 Å². The molecule has 1 unspecified atom stereocenters. The van der Waals surface area contributed by atoms with Crippen LogP contribution in [-0.2, 0) is 11.2 Å². The lowest BCUT2D eigenvalue weighted by molar-refractivity contribution is -0.127. The molecule has 0 aliphatic carbocycles. The number of aromatic nitrogens is 3. The third-order valence-electron chi connectivity index (χ3n) is 3.99. The zero-order valence-corrected chi connectivity index (χ0v) is 15.3. The molecule has 26 heavy (non-hydrogen) atoms. The topological polar surface area (TPSA) is 89.4 Å². The number of imide groups is 1. The Morgan fingerprint density at radius 2 is 2.15 bits per heavy atom. The van der Waals surface area contributed by atoms with Gasteiger partial charge in [-0.05, 0) is 32.0 Å². The van der Waals surface area contributed by atoms with Gasteiger partial charge in [0.05, 0.1) is 12.2 Å². The Labute approximate surface area is 156 Å². The number of benzene rings is 1. The lowest BCUT2D eigenvalue weighted by Gasteiger charge is -2.13. The SMILES string of the molecule is CC(C)n1cc(CC2NC(=O)N(CCOc3cccc(Cl)c3)C2=O)nn1. The van der Waals surface area contributed by atoms with Gasteiger partial charge >= 0.3 is 6.03 Å². The normalized spacial score (nSPS) is 17.1. The highest BCUT2D eigenvalue weighted by Crippen LogP contribution is 2.17. The van der Waals surface area contributed by atoms with E-state index in [0.29, 0.717) is 22.9 Å². The standard InChI is InChI=1S/C17H20ClN5O3/c1-11(2)23-10-13(20-21-23)9-15-16(24)22(17(25)19-15)6-7-26-14-5-3-4-12(18)8-14/h3-5,8,10-11,15H,6-7,9H2,1-2H3,(H,19,25). The number of urea groups is 1. The number of nitrogens with one attached hydrogen (secondary N) is 1. The molecule has 3 amide bonds. The van der Waals surface area contributed by atoms with Gasteiger partial charge in [-0.15, -0.1) is 5.10 Å². The molecule has 1 aliphatic rings. The Bertz CT molecular complexity index is 807. The number of halogens is 1. The Balaban J connectivity index is 1.54. The smallest absolute Gasteiger partial charge is 0.324 e. The van der Waals surface area contributed by atoms with E-state index in [4.69, 9.17) is 16.3 Å². The van der Waals surface area contributed by atoms with Crippen LogP contribution in [-0.4, -0.2) is 51.0 Å². The van der Waals surface area contributed by atoms with Crippen LogP contribution in [0.1, 0.15) is 25.6 Å². The molecule has 1 N–H and O–H groups in total. The zero-order valence-electron chi connectivity index (χ0n) is 14.6. The molecule has 8 nitrogen and oxygen atoms in total. The molecule has 1 atom stereocenters. The number of carbonyl (C=O) groups excluding carboxylic acids is 2. The van der Waals surface area contributed by atoms with Crippen molar-refractivity contribution < 1.29 is 14.3 Å². The van der Waals surface area contributed by atoms with E-state index in [2.05, 4.69) is 15.6 Å². The fourth-order valence-corrected chi connectivity index (χ4v) is 2.79. The van der Waals surface area contributed by atoms with Gasteiger partial charge in [0.15, 0.2) is 0 Å². The number of nitrogens with zero attached hydrogens (tertiary/aromatic N) is 4. The summed E-state index contributed by atoms with van der Waals surface area (Å²) in [4.78, 5) is 25.7. The minimum atomic E-state index is -0.633. The summed E-state index contributed by atoms with van der Waals surface area (Å²) in [5, 5.41) is 11.3. The molecule has 0 saturated carbocycles. The predicted octanol–water partition coefficient (Wildman–Crippen LogP) is 2.05. The summed E-state index contributed by atoms with van der Waals surface area (Å²) in [6.07, 6.45) is 2.10. The van der Waals surface area contributed by atoms with E-state index < -0.39 is 12.1 Å². The summed E-state index contributed by atoms with van der Waals surface area (Å²) in [5.74, 6) is 0.301. The van der Waals surface area contributed by atoms with E-state index in [1.807, 2.05) is 13.8 Å². The monoisotopic (exact) mass is 377 g/mol. The van der Waals surface area contributed by atoms with Gasteiger partial charge in [-0.1, -0.05) is 22.9 Å². The van der Waals surface area contributed by atoms with Crippen LogP contribution in [0.5, 0.6) is 5.75 Å². The first-order chi connectivity index (χ1) is 12.4. The first-order valence-electron chi connectivity index (χ1n) is 8.35. The lowest BCUT2D eigenvalue weighted by atomic mass is 10.1. The average Bonchev–Trinajstić information content (AvgIpc) is 3.15. The van der Waals surface area contributed by atoms with Crippen molar-refractivity contribution in [2.75, 3.05) is 13.2 Å². The number of rotatable bonds is 7. The molecule has 2 aromatic rings. The highest BCUT2D eigenvalue weighted by Gasteiger charge is 2.38. The van der Waals surface area contributed by atoms with Crippen molar-refractivity contribution in [2.24, 2.45) is 0 Å². The van der Waals surface area contributed by atoms with Crippen molar-refractivity contribution in [2.45, 2.75) is 32.4 Å². The Kier molecular flexibility index (Phi) is 5.41. The molecular formula is C17H20ClN5O3. The maximum Gasteiger partial charge on any atom is 0.324 e. The van der Waals surface area contributed by atoms with Gasteiger partial charge in [-0.2, -0.15) is 0 Å². The minimum Gasteiger partial charge on any atom is -0.492 e. The second kappa shape index (κ2) is 7.74. The maximum absolute atomic E-state index is 12.5. The highest BCUT2D eigenvalue weighted by molar-refractivity contribution is 6.30. The molecule has 1 fully saturated rings. The molecule has 0 spiro atoms. The van der Waals surface area contributed by atoms with E-state index in [-0.39, 0.29) is 25.1 Å². The minimum absolute atomic E-state index is 0.159. The molecule has 1 aliphatic heterocycles. The number of hydrogen-bond donors (Lipinski definition) is 1. The fourth-order valence-electron chi connectivity index (χ4n) is 2.61. The molecule has 138 valence electrons. The fraction of sp³-hybridized carbons (Fsp3) is 0.412. The van der Waals surface area contributed by atoms with Crippen molar-refractivity contribution >= 4 is 23.5 Å². The van der Waals surface area contributed by atoms with Crippen molar-refractivity contribution in [3.05, 3.63) is 41.2 Å². The highest BCUT2D eigenvalue weighted by atomic mass is 35.5. The third-order valence-corrected chi connectivity index (χ3v) is 4.22. The molecule has 2 heterocycles. The first kappa shape index (κ1) is 18.2. The van der Waals surface area contributed by atoms with Crippen molar-refractivity contribution in [3.63, 3.8) is 0 Å². The summed E-state index contributed by atoms with van der Waals surface area (Å²) in [5.41, 5.74) is 0.661. The lowest BCUT2D eigenvalue weighted by Crippen LogP contribution is -2.35. The average molecular weight is 378 g/mol. The van der Waals surface area contributed by atoms with Crippen LogP contribution < -0.4 is 10.1 Å². The Morgan fingerprint density at radius 3 is 2.85 bits per heavy atom. The van der Waals surface area contributed by atoms with Crippen LogP contribution in [0.4, 0.5) is 4.79 Å². The van der Waals surface area contributed by atoms with Crippen LogP contribution in [0.25, 0.3) is 0 Å². The molecule has 1 saturated heterocycles. The quantitative estimate of drug-likeness (QED) is 0.746. The van der Waals surface area contributed by atoms with Gasteiger partial charge in [-0.25, -0.2) is 9.48 Å². The molecule has 3 rings (SSSR count). The molecule has 0 radical (unpaired) electrons. The van der Waals surface area contributed by atoms with Crippen LogP contribution in [0.15, 0.2) is 30.5 Å².